The van der Waals surface area contributed by atoms with Gasteiger partial charge >= 0.3 is 0 Å². The largest absolute Gasteiger partial charge is 0.378 e. The topological polar surface area (TPSA) is 114 Å². The summed E-state index contributed by atoms with van der Waals surface area (Å²) in [6, 6.07) is 14.9. The maximum absolute atomic E-state index is 12.8. The van der Waals surface area contributed by atoms with Crippen molar-refractivity contribution in [3.63, 3.8) is 0 Å². The molecule has 0 fully saturated rings. The highest BCUT2D eigenvalue weighted by molar-refractivity contribution is 8.15. The zero-order valence-electron chi connectivity index (χ0n) is 16.3. The maximum Gasteiger partial charge on any atom is 0.262 e. The third-order valence-corrected chi connectivity index (χ3v) is 6.20. The van der Waals surface area contributed by atoms with Gasteiger partial charge in [-0.1, -0.05) is 42.1 Å². The monoisotopic (exact) mass is 422 g/mol. The molecule has 0 unspecified atom stereocenters. The van der Waals surface area contributed by atoms with Crippen LogP contribution in [0.4, 0.5) is 5.69 Å². The summed E-state index contributed by atoms with van der Waals surface area (Å²) in [6.07, 6.45) is 2.94. The number of nitrogens with one attached hydrogen (secondary N) is 2. The lowest BCUT2D eigenvalue weighted by molar-refractivity contribution is -0.121. The summed E-state index contributed by atoms with van der Waals surface area (Å²) in [5, 5.41) is 5.44. The van der Waals surface area contributed by atoms with Gasteiger partial charge in [0.1, 0.15) is 5.25 Å². The molecule has 0 bridgehead atoms. The quantitative estimate of drug-likeness (QED) is 0.686. The number of fused-ring (bicyclic) bond motifs is 1. The Hall–Kier alpha value is -3.13. The van der Waals surface area contributed by atoms with E-state index in [9.17, 15) is 14.4 Å². The summed E-state index contributed by atoms with van der Waals surface area (Å²) in [5.41, 5.74) is 8.93. The average Bonchev–Trinajstić information content (AvgIpc) is 3.05. The second-order valence-corrected chi connectivity index (χ2v) is 8.57. The molecule has 0 saturated heterocycles. The van der Waals surface area contributed by atoms with Gasteiger partial charge < -0.3 is 16.4 Å². The smallest absolute Gasteiger partial charge is 0.262 e. The van der Waals surface area contributed by atoms with Crippen molar-refractivity contribution in [2.24, 2.45) is 10.7 Å². The van der Waals surface area contributed by atoms with Crippen molar-refractivity contribution in [3.8, 4) is 0 Å². The molecular formula is C22H22N4O3S. The fraction of sp³-hybridized carbons (Fsp3) is 0.273. The average molecular weight is 423 g/mol. The highest BCUT2D eigenvalue weighted by Crippen LogP contribution is 2.30. The first kappa shape index (κ1) is 20.2. The van der Waals surface area contributed by atoms with Crippen LogP contribution in [-0.2, 0) is 16.0 Å². The van der Waals surface area contributed by atoms with Crippen LogP contribution in [0.3, 0.4) is 0 Å². The number of aliphatic imine (C=N–C) groups is 1. The van der Waals surface area contributed by atoms with Crippen molar-refractivity contribution < 1.29 is 14.4 Å². The first-order chi connectivity index (χ1) is 14.5. The van der Waals surface area contributed by atoms with Crippen LogP contribution >= 0.6 is 11.8 Å². The molecule has 1 aliphatic heterocycles. The summed E-state index contributed by atoms with van der Waals surface area (Å²) in [5.74, 6) is -0.909. The van der Waals surface area contributed by atoms with Gasteiger partial charge in [0.15, 0.2) is 5.17 Å². The second-order valence-electron chi connectivity index (χ2n) is 7.34. The molecule has 0 radical (unpaired) electrons. The Kier molecular flexibility index (Phi) is 5.85. The molecule has 7 nitrogen and oxygen atoms in total. The molecule has 30 heavy (non-hydrogen) atoms. The summed E-state index contributed by atoms with van der Waals surface area (Å²) < 4.78 is 0. The molecule has 4 N–H and O–H groups in total. The molecule has 0 saturated carbocycles. The molecule has 0 spiro atoms. The van der Waals surface area contributed by atoms with Crippen molar-refractivity contribution in [1.29, 1.82) is 0 Å². The summed E-state index contributed by atoms with van der Waals surface area (Å²) in [7, 11) is 0. The summed E-state index contributed by atoms with van der Waals surface area (Å²) in [4.78, 5) is 40.4. The first-order valence-corrected chi connectivity index (χ1v) is 10.7. The zero-order chi connectivity index (χ0) is 21.1. The molecule has 1 aliphatic carbocycles. The minimum atomic E-state index is -0.595. The number of nitrogens with two attached hydrogens (primary N) is 1. The number of hydrogen-bond donors (Lipinski definition) is 3. The number of carbonyl (C=O) groups is 3. The van der Waals surface area contributed by atoms with Crippen LogP contribution < -0.4 is 16.4 Å². The highest BCUT2D eigenvalue weighted by Gasteiger charge is 2.29. The van der Waals surface area contributed by atoms with E-state index < -0.39 is 11.2 Å². The maximum atomic E-state index is 12.8. The predicted octanol–water partition coefficient (Wildman–Crippen LogP) is 2.78. The van der Waals surface area contributed by atoms with Gasteiger partial charge in [-0.15, -0.1) is 0 Å². The van der Waals surface area contributed by atoms with Gasteiger partial charge in [-0.25, -0.2) is 0 Å². The van der Waals surface area contributed by atoms with Gasteiger partial charge in [-0.2, -0.15) is 4.99 Å². The Bertz CT molecular complexity index is 1040. The van der Waals surface area contributed by atoms with Crippen LogP contribution in [0.5, 0.6) is 0 Å². The molecule has 2 aromatic carbocycles. The molecule has 4 rings (SSSR count). The van der Waals surface area contributed by atoms with Crippen LogP contribution in [0.1, 0.15) is 46.8 Å². The lowest BCUT2D eigenvalue weighted by Crippen LogP contribution is -2.31. The van der Waals surface area contributed by atoms with E-state index in [4.69, 9.17) is 5.73 Å². The summed E-state index contributed by atoms with van der Waals surface area (Å²) >= 11 is 1.09. The fourth-order valence-corrected chi connectivity index (χ4v) is 4.62. The first-order valence-electron chi connectivity index (χ1n) is 9.83. The minimum absolute atomic E-state index is 0.0171. The normalized spacial score (nSPS) is 20.3. The number of carbonyl (C=O) groups excluding carboxylic acids is 3. The van der Waals surface area contributed by atoms with Gasteiger partial charge in [-0.3, -0.25) is 14.4 Å². The van der Waals surface area contributed by atoms with Crippen LogP contribution in [0.15, 0.2) is 53.5 Å². The molecular weight excluding hydrogens is 400 g/mol. The molecule has 154 valence electrons. The van der Waals surface area contributed by atoms with Gasteiger partial charge in [0.25, 0.3) is 11.8 Å². The van der Waals surface area contributed by atoms with Crippen LogP contribution in [0.25, 0.3) is 0 Å². The molecule has 0 aromatic heterocycles. The minimum Gasteiger partial charge on any atom is -0.378 e. The SMILES string of the molecule is NC1=NC(=O)[C@H](CC(=O)Nc2cccc(C(=O)N[C@H]3CCCc4ccccc43)c2)S1. The van der Waals surface area contributed by atoms with Crippen molar-refractivity contribution in [1.82, 2.24) is 5.32 Å². The van der Waals surface area contributed by atoms with E-state index in [1.807, 2.05) is 12.1 Å². The third kappa shape index (κ3) is 4.54. The Morgan fingerprint density at radius 1 is 1.17 bits per heavy atom. The number of amidine groups is 1. The van der Waals surface area contributed by atoms with Gasteiger partial charge in [0, 0.05) is 17.7 Å². The number of thioether (sulfide) groups is 1. The molecule has 1 heterocycles. The van der Waals surface area contributed by atoms with E-state index in [-0.39, 0.29) is 29.4 Å². The lowest BCUT2D eigenvalue weighted by Gasteiger charge is -2.26. The highest BCUT2D eigenvalue weighted by atomic mass is 32.2. The number of aryl methyl sites for hydroxylation is 1. The number of amides is 3. The van der Waals surface area contributed by atoms with Gasteiger partial charge in [0.05, 0.1) is 6.04 Å². The van der Waals surface area contributed by atoms with Gasteiger partial charge in [0.2, 0.25) is 5.91 Å². The second kappa shape index (κ2) is 8.71. The van der Waals surface area contributed by atoms with Crippen LogP contribution in [0.2, 0.25) is 0 Å². The van der Waals surface area contributed by atoms with Crippen molar-refractivity contribution in [2.75, 3.05) is 5.32 Å². The molecule has 3 amide bonds. The van der Waals surface area contributed by atoms with E-state index in [1.165, 1.54) is 11.1 Å². The van der Waals surface area contributed by atoms with E-state index >= 15 is 0 Å². The van der Waals surface area contributed by atoms with Crippen molar-refractivity contribution >= 4 is 40.3 Å². The molecule has 2 aliphatic rings. The van der Waals surface area contributed by atoms with E-state index in [0.29, 0.717) is 11.3 Å². The number of anilines is 1. The third-order valence-electron chi connectivity index (χ3n) is 5.21. The molecule has 8 heteroatoms. The number of hydrogen-bond acceptors (Lipinski definition) is 5. The number of nitrogens with zero attached hydrogens (tertiary/aromatic N) is 1. The lowest BCUT2D eigenvalue weighted by atomic mass is 9.87. The molecule has 2 aromatic rings. The van der Waals surface area contributed by atoms with Gasteiger partial charge in [-0.05, 0) is 48.6 Å². The Labute approximate surface area is 178 Å². The van der Waals surface area contributed by atoms with E-state index in [2.05, 4.69) is 27.8 Å². The Balaban J connectivity index is 1.39. The molecule has 2 atom stereocenters. The van der Waals surface area contributed by atoms with Crippen LogP contribution in [-0.4, -0.2) is 28.1 Å². The zero-order valence-corrected chi connectivity index (χ0v) is 17.1. The number of benzene rings is 2. The number of rotatable bonds is 5. The van der Waals surface area contributed by atoms with E-state index in [0.717, 1.165) is 31.0 Å². The Morgan fingerprint density at radius 3 is 2.80 bits per heavy atom. The fourth-order valence-electron chi connectivity index (χ4n) is 3.80. The summed E-state index contributed by atoms with van der Waals surface area (Å²) in [6.45, 7) is 0. The Morgan fingerprint density at radius 2 is 2.00 bits per heavy atom. The van der Waals surface area contributed by atoms with Crippen LogP contribution in [0, 0.1) is 0 Å². The predicted molar refractivity (Wildman–Crippen MR) is 117 cm³/mol. The van der Waals surface area contributed by atoms with E-state index in [1.54, 1.807) is 24.3 Å². The standard InChI is InChI=1S/C22H22N4O3S/c23-22-26-21(29)18(30-22)12-19(27)24-15-8-3-7-14(11-15)20(28)25-17-10-4-6-13-5-1-2-9-16(13)17/h1-3,5,7-9,11,17-18H,4,6,10,12H2,(H,24,27)(H,25,28)(H2,23,26,29)/t17-,18-/m0/s1. The van der Waals surface area contributed by atoms with Crippen molar-refractivity contribution in [3.05, 3.63) is 65.2 Å². The van der Waals surface area contributed by atoms with Crippen molar-refractivity contribution in [2.45, 2.75) is 37.0 Å².